The van der Waals surface area contributed by atoms with E-state index in [1.165, 1.54) is 0 Å². The van der Waals surface area contributed by atoms with Crippen LogP contribution in [0.3, 0.4) is 0 Å². The molecule has 0 aliphatic heterocycles. The van der Waals surface area contributed by atoms with E-state index >= 15 is 0 Å². The van der Waals surface area contributed by atoms with Gasteiger partial charge in [0.25, 0.3) is 0 Å². The molecule has 0 amide bonds. The first kappa shape index (κ1) is 11.6. The van der Waals surface area contributed by atoms with Gasteiger partial charge in [0.1, 0.15) is 5.82 Å². The first-order chi connectivity index (χ1) is 6.29. The van der Waals surface area contributed by atoms with Crippen molar-refractivity contribution >= 4 is 18.7 Å². The molecule has 0 atom stereocenters. The van der Waals surface area contributed by atoms with Gasteiger partial charge in [-0.3, -0.25) is 4.99 Å². The lowest BCUT2D eigenvalue weighted by molar-refractivity contribution is 1.34. The van der Waals surface area contributed by atoms with Crippen molar-refractivity contribution in [3.63, 3.8) is 0 Å². The highest BCUT2D eigenvalue weighted by molar-refractivity contribution is 5.87. The molecule has 1 N–H and O–H groups in total. The van der Waals surface area contributed by atoms with Crippen molar-refractivity contribution in [1.29, 1.82) is 0 Å². The zero-order valence-electron chi connectivity index (χ0n) is 8.76. The second kappa shape index (κ2) is 6.17. The van der Waals surface area contributed by atoms with Gasteiger partial charge in [0.2, 0.25) is 0 Å². The number of aromatic nitrogens is 1. The molecule has 1 aromatic rings. The fraction of sp³-hybridized carbons (Fsp3) is 0.400. The Morgan fingerprint density at radius 2 is 2.08 bits per heavy atom. The molecule has 1 aromatic heterocycles. The van der Waals surface area contributed by atoms with Crippen LogP contribution in [0.25, 0.3) is 0 Å². The van der Waals surface area contributed by atoms with E-state index in [9.17, 15) is 0 Å². The van der Waals surface area contributed by atoms with E-state index in [0.717, 1.165) is 16.9 Å². The number of nitrogens with one attached hydrogen (secondary N) is 1. The van der Waals surface area contributed by atoms with E-state index in [-0.39, 0.29) is 0 Å². The Balaban J connectivity index is 0.000000671. The highest BCUT2D eigenvalue weighted by atomic mass is 14.9. The van der Waals surface area contributed by atoms with Gasteiger partial charge in [-0.25, -0.2) is 4.99 Å². The Bertz CT molecular complexity index is 284. The Hall–Kier alpha value is -1.38. The summed E-state index contributed by atoms with van der Waals surface area (Å²) < 4.78 is 0. The van der Waals surface area contributed by atoms with Crippen molar-refractivity contribution in [1.82, 2.24) is 4.98 Å². The van der Waals surface area contributed by atoms with Crippen LogP contribution in [0.15, 0.2) is 16.2 Å². The van der Waals surface area contributed by atoms with E-state index in [2.05, 4.69) is 21.7 Å². The largest absolute Gasteiger partial charge is 0.346 e. The Morgan fingerprint density at radius 1 is 1.46 bits per heavy atom. The average Bonchev–Trinajstić information content (AvgIpc) is 2.52. The third kappa shape index (κ3) is 2.86. The molecule has 0 saturated carbocycles. The fourth-order valence-electron chi connectivity index (χ4n) is 0.942. The quantitative estimate of drug-likeness (QED) is 0.678. The van der Waals surface area contributed by atoms with Gasteiger partial charge in [0, 0.05) is 25.0 Å². The number of H-pyrrole nitrogens is 1. The Kier molecular flexibility index (Phi) is 5.52. The van der Waals surface area contributed by atoms with E-state index in [0.29, 0.717) is 0 Å². The summed E-state index contributed by atoms with van der Waals surface area (Å²) in [6.45, 7) is 9.45. The normalized spacial score (nSPS) is 9.54. The third-order valence-corrected chi connectivity index (χ3v) is 1.52. The topological polar surface area (TPSA) is 40.5 Å². The summed E-state index contributed by atoms with van der Waals surface area (Å²) in [5.41, 5.74) is 2.15. The van der Waals surface area contributed by atoms with Crippen LogP contribution in [-0.4, -0.2) is 25.0 Å². The van der Waals surface area contributed by atoms with E-state index in [4.69, 9.17) is 0 Å². The summed E-state index contributed by atoms with van der Waals surface area (Å²) in [5.74, 6) is 0.785. The molecule has 0 bridgehead atoms. The maximum atomic E-state index is 3.91. The lowest BCUT2D eigenvalue weighted by Crippen LogP contribution is -1.80. The molecule has 0 unspecified atom stereocenters. The maximum Gasteiger partial charge on any atom is 0.138 e. The van der Waals surface area contributed by atoms with Gasteiger partial charge in [-0.05, 0) is 19.2 Å². The van der Waals surface area contributed by atoms with E-state index in [1.807, 2.05) is 27.0 Å². The number of rotatable bonds is 2. The Morgan fingerprint density at radius 3 is 2.54 bits per heavy atom. The van der Waals surface area contributed by atoms with Crippen molar-refractivity contribution < 1.29 is 0 Å². The van der Waals surface area contributed by atoms with E-state index in [1.54, 1.807) is 13.3 Å². The molecule has 0 spiro atoms. The van der Waals surface area contributed by atoms with Gasteiger partial charge in [0.05, 0.1) is 0 Å². The van der Waals surface area contributed by atoms with Crippen LogP contribution in [0.2, 0.25) is 0 Å². The lowest BCUT2D eigenvalue weighted by atomic mass is 10.2. The van der Waals surface area contributed by atoms with Gasteiger partial charge >= 0.3 is 0 Å². The van der Waals surface area contributed by atoms with Crippen molar-refractivity contribution in [3.05, 3.63) is 17.3 Å². The number of hydrogen-bond acceptors (Lipinski definition) is 2. The second-order valence-corrected chi connectivity index (χ2v) is 2.28. The van der Waals surface area contributed by atoms with Crippen LogP contribution in [0.4, 0.5) is 5.82 Å². The molecule has 1 rings (SSSR count). The molecule has 0 aromatic carbocycles. The summed E-state index contributed by atoms with van der Waals surface area (Å²) in [6.07, 6.45) is 3.66. The smallest absolute Gasteiger partial charge is 0.138 e. The molecule has 3 heteroatoms. The summed E-state index contributed by atoms with van der Waals surface area (Å²) >= 11 is 0. The summed E-state index contributed by atoms with van der Waals surface area (Å²) in [5, 5.41) is 0. The predicted molar refractivity (Wildman–Crippen MR) is 59.6 cm³/mol. The molecular weight excluding hydrogens is 162 g/mol. The van der Waals surface area contributed by atoms with Crippen LogP contribution in [0.1, 0.15) is 25.0 Å². The second-order valence-electron chi connectivity index (χ2n) is 2.28. The summed E-state index contributed by atoms with van der Waals surface area (Å²) in [6, 6.07) is 0. The zero-order chi connectivity index (χ0) is 10.3. The van der Waals surface area contributed by atoms with Crippen molar-refractivity contribution in [2.24, 2.45) is 9.98 Å². The van der Waals surface area contributed by atoms with Crippen molar-refractivity contribution in [2.75, 3.05) is 7.05 Å². The number of aryl methyl sites for hydroxylation is 1. The summed E-state index contributed by atoms with van der Waals surface area (Å²) in [4.78, 5) is 10.7. The van der Waals surface area contributed by atoms with Crippen LogP contribution in [-0.2, 0) is 0 Å². The highest BCUT2D eigenvalue weighted by Crippen LogP contribution is 2.17. The third-order valence-electron chi connectivity index (χ3n) is 1.52. The van der Waals surface area contributed by atoms with Crippen molar-refractivity contribution in [3.8, 4) is 0 Å². The molecule has 1 heterocycles. The fourth-order valence-corrected chi connectivity index (χ4v) is 0.942. The van der Waals surface area contributed by atoms with Gasteiger partial charge in [-0.15, -0.1) is 0 Å². The number of nitrogens with zero attached hydrogens (tertiary/aromatic N) is 2. The molecule has 0 saturated heterocycles. The lowest BCUT2D eigenvalue weighted by Gasteiger charge is -1.90. The number of aliphatic imine (C=N–C) groups is 2. The predicted octanol–water partition coefficient (Wildman–Crippen LogP) is 2.73. The minimum atomic E-state index is 0.785. The first-order valence-corrected chi connectivity index (χ1v) is 4.36. The molecule has 0 fully saturated rings. The van der Waals surface area contributed by atoms with Crippen LogP contribution in [0.5, 0.6) is 0 Å². The van der Waals surface area contributed by atoms with Crippen LogP contribution in [0, 0.1) is 6.92 Å². The number of hydrogen-bond donors (Lipinski definition) is 1. The number of aromatic amines is 1. The van der Waals surface area contributed by atoms with Gasteiger partial charge in [0.15, 0.2) is 0 Å². The Labute approximate surface area is 79.6 Å². The van der Waals surface area contributed by atoms with Crippen molar-refractivity contribution in [2.45, 2.75) is 20.8 Å². The van der Waals surface area contributed by atoms with Crippen LogP contribution >= 0.6 is 0 Å². The standard InChI is InChI=1S/C8H11N3.C2H6/c1-6-4-11-8(10-3)7(6)5-9-2;1-2/h4-5,11H,3H2,1-2H3;1-2H3. The molecule has 0 aliphatic rings. The monoisotopic (exact) mass is 179 g/mol. The van der Waals surface area contributed by atoms with Gasteiger partial charge in [-0.1, -0.05) is 13.8 Å². The molecule has 13 heavy (non-hydrogen) atoms. The molecule has 0 aliphatic carbocycles. The maximum absolute atomic E-state index is 3.91. The van der Waals surface area contributed by atoms with E-state index < -0.39 is 0 Å². The molecule has 0 radical (unpaired) electrons. The first-order valence-electron chi connectivity index (χ1n) is 4.36. The average molecular weight is 179 g/mol. The zero-order valence-corrected chi connectivity index (χ0v) is 8.76. The molecule has 72 valence electrons. The SMILES string of the molecule is C=Nc1[nH]cc(C)c1C=NC.CC. The van der Waals surface area contributed by atoms with Crippen LogP contribution < -0.4 is 0 Å². The minimum absolute atomic E-state index is 0.785. The summed E-state index contributed by atoms with van der Waals surface area (Å²) in [7, 11) is 1.74. The molecule has 3 nitrogen and oxygen atoms in total. The minimum Gasteiger partial charge on any atom is -0.346 e. The highest BCUT2D eigenvalue weighted by Gasteiger charge is 2.02. The molecular formula is C10H17N3. The van der Waals surface area contributed by atoms with Gasteiger partial charge < -0.3 is 4.98 Å². The van der Waals surface area contributed by atoms with Gasteiger partial charge in [-0.2, -0.15) is 0 Å².